The number of anilines is 1. The standard InChI is InChI=1S/C26H21N3O2S/c1-13-8-10-16(11-9-13)24(31)25-23(27)22-21(18-12-28-19-7-5-4-6-17(18)19)20(15(3)30)14(2)29-26(22)32-25/h4-12,28H,27H2,1-3H3. The fourth-order valence-electron chi connectivity index (χ4n) is 4.25. The maximum atomic E-state index is 13.3. The summed E-state index contributed by atoms with van der Waals surface area (Å²) in [6.07, 6.45) is 1.89. The van der Waals surface area contributed by atoms with Crippen LogP contribution in [0.25, 0.3) is 32.2 Å². The number of nitrogen functional groups attached to an aromatic ring is 1. The third-order valence-corrected chi connectivity index (χ3v) is 6.89. The molecule has 0 bridgehead atoms. The van der Waals surface area contributed by atoms with E-state index < -0.39 is 0 Å². The molecular weight excluding hydrogens is 418 g/mol. The second-order valence-corrected chi connectivity index (χ2v) is 8.97. The zero-order valence-corrected chi connectivity index (χ0v) is 18.8. The van der Waals surface area contributed by atoms with Crippen LogP contribution in [0.2, 0.25) is 0 Å². The zero-order chi connectivity index (χ0) is 22.6. The van der Waals surface area contributed by atoms with Crippen molar-refractivity contribution < 1.29 is 9.59 Å². The minimum absolute atomic E-state index is 0.0887. The maximum Gasteiger partial charge on any atom is 0.205 e. The van der Waals surface area contributed by atoms with Crippen LogP contribution in [0.1, 0.15) is 43.8 Å². The first kappa shape index (κ1) is 20.2. The van der Waals surface area contributed by atoms with Gasteiger partial charge in [0.1, 0.15) is 9.71 Å². The summed E-state index contributed by atoms with van der Waals surface area (Å²) in [5.74, 6) is -0.230. The van der Waals surface area contributed by atoms with Crippen molar-refractivity contribution in [2.24, 2.45) is 0 Å². The second kappa shape index (κ2) is 7.43. The molecule has 0 saturated heterocycles. The van der Waals surface area contributed by atoms with Crippen LogP contribution in [0.3, 0.4) is 0 Å². The number of hydrogen-bond acceptors (Lipinski definition) is 5. The number of thiophene rings is 1. The number of nitrogens with two attached hydrogens (primary N) is 1. The van der Waals surface area contributed by atoms with Gasteiger partial charge in [-0.3, -0.25) is 9.59 Å². The minimum Gasteiger partial charge on any atom is -0.397 e. The predicted octanol–water partition coefficient (Wildman–Crippen LogP) is 6.08. The third-order valence-electron chi connectivity index (χ3n) is 5.79. The zero-order valence-electron chi connectivity index (χ0n) is 17.9. The topological polar surface area (TPSA) is 88.8 Å². The highest BCUT2D eigenvalue weighted by atomic mass is 32.1. The molecule has 0 radical (unpaired) electrons. The molecule has 6 heteroatoms. The van der Waals surface area contributed by atoms with Crippen molar-refractivity contribution in [1.29, 1.82) is 0 Å². The number of carbonyl (C=O) groups excluding carboxylic acids is 2. The summed E-state index contributed by atoms with van der Waals surface area (Å²) in [6.45, 7) is 5.34. The second-order valence-electron chi connectivity index (χ2n) is 7.97. The van der Waals surface area contributed by atoms with E-state index in [1.54, 1.807) is 0 Å². The van der Waals surface area contributed by atoms with E-state index in [1.165, 1.54) is 18.3 Å². The number of aromatic nitrogens is 2. The first-order valence-electron chi connectivity index (χ1n) is 10.3. The maximum absolute atomic E-state index is 13.3. The molecule has 158 valence electrons. The number of aryl methyl sites for hydroxylation is 2. The van der Waals surface area contributed by atoms with Gasteiger partial charge in [-0.1, -0.05) is 48.0 Å². The highest BCUT2D eigenvalue weighted by Crippen LogP contribution is 2.44. The number of hydrogen-bond donors (Lipinski definition) is 2. The SMILES string of the molecule is CC(=O)c1c(C)nc2sc(C(=O)c3ccc(C)cc3)c(N)c2c1-c1c[nH]c2ccccc12. The fraction of sp³-hybridized carbons (Fsp3) is 0.115. The molecule has 0 aliphatic carbocycles. The van der Waals surface area contributed by atoms with Crippen molar-refractivity contribution in [3.05, 3.63) is 82.0 Å². The summed E-state index contributed by atoms with van der Waals surface area (Å²) in [6, 6.07) is 15.3. The molecule has 0 spiro atoms. The largest absolute Gasteiger partial charge is 0.397 e. The fourth-order valence-corrected chi connectivity index (χ4v) is 5.36. The average molecular weight is 440 g/mol. The van der Waals surface area contributed by atoms with Crippen LogP contribution in [0.4, 0.5) is 5.69 Å². The van der Waals surface area contributed by atoms with Crippen LogP contribution in [-0.4, -0.2) is 21.5 Å². The van der Waals surface area contributed by atoms with E-state index in [2.05, 4.69) is 9.97 Å². The number of nitrogens with one attached hydrogen (secondary N) is 1. The van der Waals surface area contributed by atoms with Crippen LogP contribution < -0.4 is 5.73 Å². The Kier molecular flexibility index (Phi) is 4.68. The number of H-pyrrole nitrogens is 1. The van der Waals surface area contributed by atoms with Gasteiger partial charge in [0, 0.05) is 44.7 Å². The number of aromatic amines is 1. The first-order chi connectivity index (χ1) is 15.4. The Labute approximate surface area is 188 Å². The van der Waals surface area contributed by atoms with Gasteiger partial charge in [0.05, 0.1) is 11.4 Å². The van der Waals surface area contributed by atoms with Gasteiger partial charge in [-0.25, -0.2) is 4.98 Å². The van der Waals surface area contributed by atoms with Crippen LogP contribution in [0, 0.1) is 13.8 Å². The molecule has 0 fully saturated rings. The highest BCUT2D eigenvalue weighted by Gasteiger charge is 2.26. The first-order valence-corrected chi connectivity index (χ1v) is 11.1. The number of nitrogens with zero attached hydrogens (tertiary/aromatic N) is 1. The van der Waals surface area contributed by atoms with Crippen LogP contribution in [-0.2, 0) is 0 Å². The Morgan fingerprint density at radius 2 is 1.75 bits per heavy atom. The normalized spacial score (nSPS) is 11.3. The Morgan fingerprint density at radius 3 is 2.47 bits per heavy atom. The van der Waals surface area contributed by atoms with Crippen LogP contribution >= 0.6 is 11.3 Å². The summed E-state index contributed by atoms with van der Waals surface area (Å²) in [5, 5.41) is 1.64. The Hall–Kier alpha value is -3.77. The lowest BCUT2D eigenvalue weighted by Gasteiger charge is -2.12. The molecule has 0 unspecified atom stereocenters. The lowest BCUT2D eigenvalue weighted by molar-refractivity contribution is 0.101. The molecule has 0 aliphatic rings. The molecule has 2 aromatic carbocycles. The van der Waals surface area contributed by atoms with Gasteiger partial charge in [-0.15, -0.1) is 11.3 Å². The summed E-state index contributed by atoms with van der Waals surface area (Å²) < 4.78 is 0. The molecule has 3 N–H and O–H groups in total. The van der Waals surface area contributed by atoms with Crippen molar-refractivity contribution in [2.75, 3.05) is 5.73 Å². The molecule has 0 saturated carbocycles. The molecule has 5 rings (SSSR count). The van der Waals surface area contributed by atoms with Crippen LogP contribution in [0.15, 0.2) is 54.7 Å². The van der Waals surface area contributed by atoms with E-state index in [0.717, 1.165) is 27.6 Å². The van der Waals surface area contributed by atoms with E-state index in [0.29, 0.717) is 37.6 Å². The van der Waals surface area contributed by atoms with Gasteiger partial charge >= 0.3 is 0 Å². The van der Waals surface area contributed by atoms with Crippen molar-refractivity contribution in [2.45, 2.75) is 20.8 Å². The van der Waals surface area contributed by atoms with E-state index in [-0.39, 0.29) is 11.6 Å². The molecule has 3 aromatic heterocycles. The molecule has 0 atom stereocenters. The number of benzene rings is 2. The van der Waals surface area contributed by atoms with E-state index in [1.807, 2.05) is 68.6 Å². The lowest BCUT2D eigenvalue weighted by atomic mass is 9.93. The smallest absolute Gasteiger partial charge is 0.205 e. The number of rotatable bonds is 4. The van der Waals surface area contributed by atoms with Crippen molar-refractivity contribution in [3.8, 4) is 11.1 Å². The predicted molar refractivity (Wildman–Crippen MR) is 131 cm³/mol. The molecule has 3 heterocycles. The number of fused-ring (bicyclic) bond motifs is 2. The Balaban J connectivity index is 1.84. The summed E-state index contributed by atoms with van der Waals surface area (Å²) in [5.41, 5.74) is 12.3. The number of pyridine rings is 1. The molecule has 5 nitrogen and oxygen atoms in total. The van der Waals surface area contributed by atoms with Gasteiger partial charge in [0.25, 0.3) is 0 Å². The Bertz CT molecular complexity index is 1540. The third kappa shape index (κ3) is 3.03. The molecular formula is C26H21N3O2S. The van der Waals surface area contributed by atoms with Crippen molar-refractivity contribution in [1.82, 2.24) is 9.97 Å². The number of carbonyl (C=O) groups is 2. The van der Waals surface area contributed by atoms with Gasteiger partial charge in [-0.05, 0) is 26.8 Å². The Morgan fingerprint density at radius 1 is 1.03 bits per heavy atom. The van der Waals surface area contributed by atoms with E-state index in [9.17, 15) is 9.59 Å². The van der Waals surface area contributed by atoms with Gasteiger partial charge in [-0.2, -0.15) is 0 Å². The highest BCUT2D eigenvalue weighted by molar-refractivity contribution is 7.21. The van der Waals surface area contributed by atoms with Gasteiger partial charge in [0.15, 0.2) is 5.78 Å². The quantitative estimate of drug-likeness (QED) is 0.332. The average Bonchev–Trinajstić information content (AvgIpc) is 3.34. The van der Waals surface area contributed by atoms with E-state index >= 15 is 0 Å². The molecule has 0 amide bonds. The molecule has 5 aromatic rings. The number of ketones is 2. The van der Waals surface area contributed by atoms with Crippen molar-refractivity contribution in [3.63, 3.8) is 0 Å². The van der Waals surface area contributed by atoms with E-state index in [4.69, 9.17) is 5.73 Å². The minimum atomic E-state index is -0.141. The number of Topliss-reactive ketones (excluding diaryl/α,β-unsaturated/α-hetero) is 1. The molecule has 0 aliphatic heterocycles. The number of para-hydroxylation sites is 1. The molecule has 32 heavy (non-hydrogen) atoms. The monoisotopic (exact) mass is 439 g/mol. The lowest BCUT2D eigenvalue weighted by Crippen LogP contribution is -2.04. The van der Waals surface area contributed by atoms with Crippen molar-refractivity contribution >= 4 is 49.7 Å². The van der Waals surface area contributed by atoms with Gasteiger partial charge in [0.2, 0.25) is 5.78 Å². The summed E-state index contributed by atoms with van der Waals surface area (Å²) in [7, 11) is 0. The van der Waals surface area contributed by atoms with Gasteiger partial charge < -0.3 is 10.7 Å². The summed E-state index contributed by atoms with van der Waals surface area (Å²) in [4.78, 5) is 35.1. The van der Waals surface area contributed by atoms with Crippen LogP contribution in [0.5, 0.6) is 0 Å². The summed E-state index contributed by atoms with van der Waals surface area (Å²) >= 11 is 1.28.